The van der Waals surface area contributed by atoms with Crippen LogP contribution in [0.4, 0.5) is 0 Å². The van der Waals surface area contributed by atoms with Gasteiger partial charge in [0.05, 0.1) is 22.3 Å². The lowest BCUT2D eigenvalue weighted by molar-refractivity contribution is -0.131. The number of thioether (sulfide) groups is 1. The first-order valence-electron chi connectivity index (χ1n) is 10.2. The van der Waals surface area contributed by atoms with E-state index in [9.17, 15) is 9.59 Å². The average molecular weight is 442 g/mol. The highest BCUT2D eigenvalue weighted by Crippen LogP contribution is 2.26. The largest absolute Gasteiger partial charge is 0.339 e. The second-order valence-corrected chi connectivity index (χ2v) is 9.08. The molecule has 1 atom stereocenters. The summed E-state index contributed by atoms with van der Waals surface area (Å²) in [6.45, 7) is 4.86. The van der Waals surface area contributed by atoms with Gasteiger partial charge in [-0.15, -0.1) is 0 Å². The van der Waals surface area contributed by atoms with E-state index in [-0.39, 0.29) is 23.3 Å². The van der Waals surface area contributed by atoms with Crippen molar-refractivity contribution < 1.29 is 4.79 Å². The third-order valence-corrected chi connectivity index (χ3v) is 6.76. The second-order valence-electron chi connectivity index (χ2n) is 7.70. The van der Waals surface area contributed by atoms with Crippen LogP contribution in [0.3, 0.4) is 0 Å². The molecule has 1 aromatic heterocycles. The van der Waals surface area contributed by atoms with Crippen molar-refractivity contribution >= 4 is 40.2 Å². The number of likely N-dealkylation sites (tertiary alicyclic amines) is 1. The van der Waals surface area contributed by atoms with Crippen molar-refractivity contribution in [1.82, 2.24) is 14.5 Å². The van der Waals surface area contributed by atoms with E-state index in [2.05, 4.69) is 6.92 Å². The molecule has 1 aliphatic heterocycles. The smallest absolute Gasteiger partial charge is 0.266 e. The summed E-state index contributed by atoms with van der Waals surface area (Å²) in [7, 11) is 0. The van der Waals surface area contributed by atoms with Crippen molar-refractivity contribution in [3.63, 3.8) is 0 Å². The monoisotopic (exact) mass is 441 g/mol. The molecule has 5 nitrogen and oxygen atoms in total. The van der Waals surface area contributed by atoms with Crippen molar-refractivity contribution in [2.45, 2.75) is 44.3 Å². The van der Waals surface area contributed by atoms with Crippen LogP contribution in [-0.2, 0) is 4.79 Å². The molecule has 4 rings (SSSR count). The summed E-state index contributed by atoms with van der Waals surface area (Å²) in [5, 5.41) is 1.53. The number of amides is 1. The number of halogens is 1. The van der Waals surface area contributed by atoms with E-state index in [0.29, 0.717) is 21.1 Å². The summed E-state index contributed by atoms with van der Waals surface area (Å²) < 4.78 is 1.61. The molecule has 2 aromatic carbocycles. The number of piperidine rings is 1. The van der Waals surface area contributed by atoms with Gasteiger partial charge in [0.15, 0.2) is 5.16 Å². The Morgan fingerprint density at radius 1 is 1.23 bits per heavy atom. The van der Waals surface area contributed by atoms with Crippen LogP contribution < -0.4 is 5.56 Å². The number of carbonyl (C=O) groups excluding carboxylic acids is 1. The molecule has 0 N–H and O–H groups in total. The lowest BCUT2D eigenvalue weighted by Gasteiger charge is -2.33. The van der Waals surface area contributed by atoms with Gasteiger partial charge in [-0.25, -0.2) is 4.98 Å². The van der Waals surface area contributed by atoms with Crippen molar-refractivity contribution in [2.24, 2.45) is 0 Å². The van der Waals surface area contributed by atoms with Gasteiger partial charge in [0.25, 0.3) is 5.56 Å². The summed E-state index contributed by atoms with van der Waals surface area (Å²) >= 11 is 7.44. The minimum absolute atomic E-state index is 0.0870. The van der Waals surface area contributed by atoms with Gasteiger partial charge in [-0.2, -0.15) is 0 Å². The Bertz CT molecular complexity index is 1160. The molecule has 0 radical (unpaired) electrons. The van der Waals surface area contributed by atoms with Gasteiger partial charge < -0.3 is 4.90 Å². The van der Waals surface area contributed by atoms with E-state index < -0.39 is 0 Å². The van der Waals surface area contributed by atoms with Crippen LogP contribution in [0.25, 0.3) is 16.6 Å². The Morgan fingerprint density at radius 2 is 2.03 bits per heavy atom. The summed E-state index contributed by atoms with van der Waals surface area (Å²) in [4.78, 5) is 32.9. The Kier molecular flexibility index (Phi) is 6.16. The van der Waals surface area contributed by atoms with E-state index in [1.54, 1.807) is 22.8 Å². The molecule has 2 heterocycles. The standard InChI is InChI=1S/C23H24ClN3O2S/c1-15-7-3-4-9-20(15)27-22(29)18-11-10-17(24)13-19(18)25-23(27)30-14-21(28)26-12-6-5-8-16(26)2/h3-4,7,9-11,13,16H,5-6,8,12,14H2,1-2H3. The van der Waals surface area contributed by atoms with Crippen LogP contribution in [0.15, 0.2) is 52.4 Å². The number of carbonyl (C=O) groups is 1. The molecule has 1 aliphatic rings. The topological polar surface area (TPSA) is 55.2 Å². The van der Waals surface area contributed by atoms with Crippen LogP contribution in [0.5, 0.6) is 0 Å². The Hall–Kier alpha value is -2.31. The van der Waals surface area contributed by atoms with Crippen LogP contribution >= 0.6 is 23.4 Å². The lowest BCUT2D eigenvalue weighted by Crippen LogP contribution is -2.43. The van der Waals surface area contributed by atoms with Gasteiger partial charge in [0.1, 0.15) is 0 Å². The highest BCUT2D eigenvalue weighted by Gasteiger charge is 2.24. The predicted octanol–water partition coefficient (Wildman–Crippen LogP) is 4.84. The van der Waals surface area contributed by atoms with Gasteiger partial charge in [0.2, 0.25) is 5.91 Å². The Labute approximate surface area is 185 Å². The van der Waals surface area contributed by atoms with Gasteiger partial charge in [-0.1, -0.05) is 41.6 Å². The number of hydrogen-bond donors (Lipinski definition) is 0. The van der Waals surface area contributed by atoms with E-state index in [4.69, 9.17) is 16.6 Å². The maximum Gasteiger partial charge on any atom is 0.266 e. The first kappa shape index (κ1) is 20.9. The van der Waals surface area contributed by atoms with Crippen LogP contribution in [-0.4, -0.2) is 38.7 Å². The molecule has 1 saturated heterocycles. The molecule has 3 aromatic rings. The van der Waals surface area contributed by atoms with Gasteiger partial charge in [0, 0.05) is 17.6 Å². The van der Waals surface area contributed by atoms with Crippen molar-refractivity contribution in [2.75, 3.05) is 12.3 Å². The highest BCUT2D eigenvalue weighted by atomic mass is 35.5. The fourth-order valence-corrected chi connectivity index (χ4v) is 5.00. The van der Waals surface area contributed by atoms with Crippen molar-refractivity contribution in [3.8, 4) is 5.69 Å². The molecule has 0 spiro atoms. The zero-order valence-electron chi connectivity index (χ0n) is 17.1. The third-order valence-electron chi connectivity index (χ3n) is 5.61. The molecule has 1 unspecified atom stereocenters. The first-order chi connectivity index (χ1) is 14.5. The SMILES string of the molecule is Cc1ccccc1-n1c(SCC(=O)N2CCCCC2C)nc2cc(Cl)ccc2c1=O. The van der Waals surface area contributed by atoms with Gasteiger partial charge in [-0.05, 0) is 62.9 Å². The maximum atomic E-state index is 13.4. The molecule has 156 valence electrons. The van der Waals surface area contributed by atoms with E-state index >= 15 is 0 Å². The number of aromatic nitrogens is 2. The number of benzene rings is 2. The molecule has 1 amide bonds. The summed E-state index contributed by atoms with van der Waals surface area (Å²) in [6, 6.07) is 13.1. The number of para-hydroxylation sites is 1. The lowest BCUT2D eigenvalue weighted by atomic mass is 10.0. The second kappa shape index (κ2) is 8.82. The molecule has 1 fully saturated rings. The number of nitrogens with zero attached hydrogens (tertiary/aromatic N) is 3. The van der Waals surface area contributed by atoms with E-state index in [0.717, 1.165) is 37.1 Å². The fraction of sp³-hybridized carbons (Fsp3) is 0.348. The molecule has 0 saturated carbocycles. The average Bonchev–Trinajstić information content (AvgIpc) is 2.73. The first-order valence-corrected chi connectivity index (χ1v) is 11.5. The molecule has 7 heteroatoms. The zero-order valence-corrected chi connectivity index (χ0v) is 18.7. The number of hydrogen-bond acceptors (Lipinski definition) is 4. The Morgan fingerprint density at radius 3 is 2.80 bits per heavy atom. The number of aryl methyl sites for hydroxylation is 1. The highest BCUT2D eigenvalue weighted by molar-refractivity contribution is 7.99. The van der Waals surface area contributed by atoms with Crippen LogP contribution in [0, 0.1) is 6.92 Å². The van der Waals surface area contributed by atoms with Crippen molar-refractivity contribution in [3.05, 3.63) is 63.4 Å². The summed E-state index contributed by atoms with van der Waals surface area (Å²) in [6.07, 6.45) is 3.25. The zero-order chi connectivity index (χ0) is 21.3. The molecule has 30 heavy (non-hydrogen) atoms. The minimum Gasteiger partial charge on any atom is -0.339 e. The minimum atomic E-state index is -0.160. The maximum absolute atomic E-state index is 13.4. The van der Waals surface area contributed by atoms with Crippen molar-refractivity contribution in [1.29, 1.82) is 0 Å². The van der Waals surface area contributed by atoms with E-state index in [1.807, 2.05) is 36.1 Å². The number of rotatable bonds is 4. The van der Waals surface area contributed by atoms with Gasteiger partial charge in [-0.3, -0.25) is 14.2 Å². The predicted molar refractivity (Wildman–Crippen MR) is 123 cm³/mol. The molecular formula is C23H24ClN3O2S. The molecule has 0 aliphatic carbocycles. The van der Waals surface area contributed by atoms with E-state index in [1.165, 1.54) is 11.8 Å². The summed E-state index contributed by atoms with van der Waals surface area (Å²) in [5.74, 6) is 0.332. The van der Waals surface area contributed by atoms with Gasteiger partial charge >= 0.3 is 0 Å². The number of fused-ring (bicyclic) bond motifs is 1. The quantitative estimate of drug-likeness (QED) is 0.429. The fourth-order valence-electron chi connectivity index (χ4n) is 3.94. The summed E-state index contributed by atoms with van der Waals surface area (Å²) in [5.41, 5.74) is 2.12. The van der Waals surface area contributed by atoms with Crippen LogP contribution in [0.2, 0.25) is 5.02 Å². The normalized spacial score (nSPS) is 16.8. The van der Waals surface area contributed by atoms with Crippen LogP contribution in [0.1, 0.15) is 31.7 Å². The third kappa shape index (κ3) is 4.12. The Balaban J connectivity index is 1.75. The molecular weight excluding hydrogens is 418 g/mol. The molecule has 0 bridgehead atoms.